The van der Waals surface area contributed by atoms with Crippen molar-refractivity contribution >= 4 is 29.2 Å². The van der Waals surface area contributed by atoms with Crippen LogP contribution in [0.25, 0.3) is 16.9 Å². The summed E-state index contributed by atoms with van der Waals surface area (Å²) >= 11 is 6.63. The SMILES string of the molecule is Cc1c(C(=O)N2CCN(C(=O)Nc3c(C(C)C)cccc3C(C)C)CC2)cc(-c2ccccc2)n1-c1ccccc1Cl. The van der Waals surface area contributed by atoms with Crippen molar-refractivity contribution in [2.24, 2.45) is 0 Å². The van der Waals surface area contributed by atoms with Crippen LogP contribution in [0.4, 0.5) is 10.5 Å². The Hall–Kier alpha value is -4.03. The molecule has 1 saturated heterocycles. The highest BCUT2D eigenvalue weighted by atomic mass is 35.5. The van der Waals surface area contributed by atoms with Gasteiger partial charge in [-0.25, -0.2) is 4.79 Å². The molecule has 0 saturated carbocycles. The standard InChI is InChI=1S/C35H39ClN4O2/c1-23(2)27-14-11-15-28(24(3)4)33(27)37-35(42)39-20-18-38(19-21-39)34(41)29-22-32(26-12-7-6-8-13-26)40(25(29)5)31-17-10-9-16-30(31)36/h6-17,22-24H,18-21H2,1-5H3,(H,37,42). The fourth-order valence-electron chi connectivity index (χ4n) is 5.75. The summed E-state index contributed by atoms with van der Waals surface area (Å²) in [4.78, 5) is 31.0. The fraction of sp³-hybridized carbons (Fsp3) is 0.314. The fourth-order valence-corrected chi connectivity index (χ4v) is 5.97. The molecule has 0 unspecified atom stereocenters. The zero-order chi connectivity index (χ0) is 30.0. The van der Waals surface area contributed by atoms with E-state index in [1.165, 1.54) is 0 Å². The van der Waals surface area contributed by atoms with Gasteiger partial charge in [-0.2, -0.15) is 0 Å². The van der Waals surface area contributed by atoms with E-state index in [1.54, 1.807) is 0 Å². The second-order valence-corrected chi connectivity index (χ2v) is 11.9. The van der Waals surface area contributed by atoms with Gasteiger partial charge in [0.05, 0.1) is 22.0 Å². The van der Waals surface area contributed by atoms with Gasteiger partial charge in [0.15, 0.2) is 0 Å². The highest BCUT2D eigenvalue weighted by Gasteiger charge is 2.29. The molecule has 1 N–H and O–H groups in total. The van der Waals surface area contributed by atoms with Crippen molar-refractivity contribution < 1.29 is 9.59 Å². The van der Waals surface area contributed by atoms with Crippen LogP contribution < -0.4 is 5.32 Å². The van der Waals surface area contributed by atoms with Gasteiger partial charge in [0, 0.05) is 37.6 Å². The zero-order valence-corrected chi connectivity index (χ0v) is 25.8. The molecule has 0 atom stereocenters. The number of urea groups is 1. The first-order valence-electron chi connectivity index (χ1n) is 14.7. The van der Waals surface area contributed by atoms with Crippen molar-refractivity contribution in [2.45, 2.75) is 46.5 Å². The van der Waals surface area contributed by atoms with Crippen LogP contribution in [0.3, 0.4) is 0 Å². The number of piperazine rings is 1. The van der Waals surface area contributed by atoms with E-state index in [-0.39, 0.29) is 23.8 Å². The molecule has 3 aromatic carbocycles. The van der Waals surface area contributed by atoms with Crippen LogP contribution in [0, 0.1) is 6.92 Å². The number of carbonyl (C=O) groups is 2. The van der Waals surface area contributed by atoms with Crippen molar-refractivity contribution in [1.82, 2.24) is 14.4 Å². The molecule has 1 aromatic heterocycles. The maximum absolute atomic E-state index is 13.9. The molecular formula is C35H39ClN4O2. The molecule has 0 aliphatic carbocycles. The Kier molecular flexibility index (Phi) is 8.74. The number of carbonyl (C=O) groups excluding carboxylic acids is 2. The third kappa shape index (κ3) is 5.82. The van der Waals surface area contributed by atoms with Crippen LogP contribution >= 0.6 is 11.6 Å². The summed E-state index contributed by atoms with van der Waals surface area (Å²) in [6.45, 7) is 12.4. The normalized spacial score (nSPS) is 13.6. The van der Waals surface area contributed by atoms with Crippen LogP contribution in [0.15, 0.2) is 78.9 Å². The highest BCUT2D eigenvalue weighted by molar-refractivity contribution is 6.32. The number of para-hydroxylation sites is 2. The molecule has 4 aromatic rings. The Labute approximate surface area is 253 Å². The van der Waals surface area contributed by atoms with E-state index < -0.39 is 0 Å². The molecular weight excluding hydrogens is 544 g/mol. The number of hydrogen-bond donors (Lipinski definition) is 1. The van der Waals surface area contributed by atoms with Crippen LogP contribution in [0.5, 0.6) is 0 Å². The molecule has 0 radical (unpaired) electrons. The average Bonchev–Trinajstić information content (AvgIpc) is 3.34. The van der Waals surface area contributed by atoms with Gasteiger partial charge >= 0.3 is 6.03 Å². The lowest BCUT2D eigenvalue weighted by Gasteiger charge is -2.35. The molecule has 218 valence electrons. The summed E-state index contributed by atoms with van der Waals surface area (Å²) in [5.74, 6) is 0.536. The molecule has 1 fully saturated rings. The molecule has 2 heterocycles. The number of nitrogens with one attached hydrogen (secondary N) is 1. The summed E-state index contributed by atoms with van der Waals surface area (Å²) < 4.78 is 2.06. The van der Waals surface area contributed by atoms with E-state index in [1.807, 2.05) is 77.4 Å². The number of nitrogens with zero attached hydrogens (tertiary/aromatic N) is 3. The van der Waals surface area contributed by atoms with E-state index in [9.17, 15) is 9.59 Å². The molecule has 5 rings (SSSR count). The lowest BCUT2D eigenvalue weighted by molar-refractivity contribution is 0.0671. The van der Waals surface area contributed by atoms with E-state index in [0.717, 1.165) is 39.5 Å². The molecule has 1 aliphatic heterocycles. The second-order valence-electron chi connectivity index (χ2n) is 11.5. The maximum Gasteiger partial charge on any atom is 0.321 e. The van der Waals surface area contributed by atoms with Crippen LogP contribution in [0.1, 0.15) is 66.7 Å². The number of aromatic nitrogens is 1. The van der Waals surface area contributed by atoms with Crippen molar-refractivity contribution in [3.05, 3.63) is 106 Å². The number of halogens is 1. The molecule has 6 nitrogen and oxygen atoms in total. The number of benzene rings is 3. The molecule has 7 heteroatoms. The first kappa shape index (κ1) is 29.5. The average molecular weight is 583 g/mol. The summed E-state index contributed by atoms with van der Waals surface area (Å²) in [5.41, 5.74) is 7.40. The monoisotopic (exact) mass is 582 g/mol. The van der Waals surface area contributed by atoms with Gasteiger partial charge in [-0.1, -0.05) is 100.0 Å². The molecule has 3 amide bonds. The lowest BCUT2D eigenvalue weighted by Crippen LogP contribution is -2.51. The summed E-state index contributed by atoms with van der Waals surface area (Å²) in [5, 5.41) is 3.83. The third-order valence-corrected chi connectivity index (χ3v) is 8.42. The topological polar surface area (TPSA) is 57.6 Å². The smallest absolute Gasteiger partial charge is 0.321 e. The van der Waals surface area contributed by atoms with Gasteiger partial charge in [-0.15, -0.1) is 0 Å². The van der Waals surface area contributed by atoms with E-state index >= 15 is 0 Å². The minimum absolute atomic E-state index is 0.0391. The molecule has 42 heavy (non-hydrogen) atoms. The predicted octanol–water partition coefficient (Wildman–Crippen LogP) is 8.34. The van der Waals surface area contributed by atoms with Crippen molar-refractivity contribution in [1.29, 1.82) is 0 Å². The van der Waals surface area contributed by atoms with Crippen molar-refractivity contribution in [3.63, 3.8) is 0 Å². The summed E-state index contributed by atoms with van der Waals surface area (Å²) in [6, 6.07) is 25.8. The third-order valence-electron chi connectivity index (χ3n) is 8.10. The number of hydrogen-bond acceptors (Lipinski definition) is 2. The number of amides is 3. The minimum Gasteiger partial charge on any atom is -0.335 e. The van der Waals surface area contributed by atoms with Gasteiger partial charge in [-0.3, -0.25) is 4.79 Å². The maximum atomic E-state index is 13.9. The Morgan fingerprint density at radius 2 is 1.33 bits per heavy atom. The van der Waals surface area contributed by atoms with Gasteiger partial charge in [-0.05, 0) is 53.6 Å². The zero-order valence-electron chi connectivity index (χ0n) is 25.0. The predicted molar refractivity (Wildman–Crippen MR) is 172 cm³/mol. The van der Waals surface area contributed by atoms with Gasteiger partial charge in [0.2, 0.25) is 0 Å². The van der Waals surface area contributed by atoms with Crippen LogP contribution in [-0.2, 0) is 0 Å². The van der Waals surface area contributed by atoms with Crippen molar-refractivity contribution in [3.8, 4) is 16.9 Å². The molecule has 0 spiro atoms. The lowest BCUT2D eigenvalue weighted by atomic mass is 9.93. The Morgan fingerprint density at radius 3 is 1.93 bits per heavy atom. The number of anilines is 1. The quantitative estimate of drug-likeness (QED) is 0.248. The Balaban J connectivity index is 1.36. The van der Waals surface area contributed by atoms with Gasteiger partial charge in [0.1, 0.15) is 0 Å². The highest BCUT2D eigenvalue weighted by Crippen LogP contribution is 2.34. The molecule has 0 bridgehead atoms. The van der Waals surface area contributed by atoms with Gasteiger partial charge < -0.3 is 19.7 Å². The van der Waals surface area contributed by atoms with Gasteiger partial charge in [0.25, 0.3) is 5.91 Å². The van der Waals surface area contributed by atoms with Crippen molar-refractivity contribution in [2.75, 3.05) is 31.5 Å². The van der Waals surface area contributed by atoms with Crippen LogP contribution in [-0.4, -0.2) is 52.5 Å². The summed E-state index contributed by atoms with van der Waals surface area (Å²) in [7, 11) is 0. The summed E-state index contributed by atoms with van der Waals surface area (Å²) in [6.07, 6.45) is 0. The first-order chi connectivity index (χ1) is 20.2. The van der Waals surface area contributed by atoms with Crippen LogP contribution in [0.2, 0.25) is 5.02 Å². The number of rotatable bonds is 6. The minimum atomic E-state index is -0.121. The molecule has 1 aliphatic rings. The Bertz CT molecular complexity index is 1560. The Morgan fingerprint density at radius 1 is 0.762 bits per heavy atom. The second kappa shape index (κ2) is 12.5. The van der Waals surface area contributed by atoms with E-state index in [4.69, 9.17) is 11.6 Å². The van der Waals surface area contributed by atoms with E-state index in [0.29, 0.717) is 36.8 Å². The van der Waals surface area contributed by atoms with E-state index in [2.05, 4.69) is 55.8 Å². The largest absolute Gasteiger partial charge is 0.335 e. The first-order valence-corrected chi connectivity index (χ1v) is 15.1.